The number of nitrogens with one attached hydrogen (secondary N) is 1. The van der Waals surface area contributed by atoms with Crippen molar-refractivity contribution in [2.24, 2.45) is 0 Å². The van der Waals surface area contributed by atoms with E-state index in [2.05, 4.69) is 5.32 Å². The maximum Gasteiger partial charge on any atom is 0.291 e. The molecule has 0 unspecified atom stereocenters. The topological polar surface area (TPSA) is 98.1 Å². The molecule has 8 nitrogen and oxygen atoms in total. The first-order valence-electron chi connectivity index (χ1n) is 7.64. The van der Waals surface area contributed by atoms with Crippen LogP contribution in [0.25, 0.3) is 0 Å². The van der Waals surface area contributed by atoms with Crippen LogP contribution in [0.15, 0.2) is 45.9 Å². The van der Waals surface area contributed by atoms with Crippen molar-refractivity contribution in [2.45, 2.75) is 5.09 Å². The van der Waals surface area contributed by atoms with Crippen molar-refractivity contribution in [3.63, 3.8) is 0 Å². The zero-order chi connectivity index (χ0) is 17.9. The number of carbonyl (C=O) groups excluding carboxylic acids is 1. The lowest BCUT2D eigenvalue weighted by molar-refractivity contribution is 0.0723. The van der Waals surface area contributed by atoms with Gasteiger partial charge in [0, 0.05) is 13.1 Å². The molecule has 1 N–H and O–H groups in total. The number of rotatable bonds is 5. The van der Waals surface area contributed by atoms with Gasteiger partial charge in [-0.1, -0.05) is 12.1 Å². The predicted molar refractivity (Wildman–Crippen MR) is 89.2 cm³/mol. The van der Waals surface area contributed by atoms with Crippen molar-refractivity contribution in [3.05, 3.63) is 42.2 Å². The summed E-state index contributed by atoms with van der Waals surface area (Å²) in [4.78, 5) is 12.3. The third-order valence-electron chi connectivity index (χ3n) is 3.72. The van der Waals surface area contributed by atoms with E-state index in [1.165, 1.54) is 23.5 Å². The first kappa shape index (κ1) is 17.5. The number of hydrogen-bond donors (Lipinski definition) is 1. The van der Waals surface area contributed by atoms with Gasteiger partial charge in [0.2, 0.25) is 5.09 Å². The predicted octanol–water partition coefficient (Wildman–Crippen LogP) is 1.56. The largest absolute Gasteiger partial charge is 0.495 e. The number of hydrogen-bond acceptors (Lipinski definition) is 6. The lowest BCUT2D eigenvalue weighted by atomic mass is 10.3. The summed E-state index contributed by atoms with van der Waals surface area (Å²) in [6.07, 6.45) is 0. The summed E-state index contributed by atoms with van der Waals surface area (Å²) in [6.45, 7) is 1.18. The van der Waals surface area contributed by atoms with Crippen LogP contribution in [0.4, 0.5) is 5.69 Å². The van der Waals surface area contributed by atoms with Crippen molar-refractivity contribution < 1.29 is 27.1 Å². The summed E-state index contributed by atoms with van der Waals surface area (Å²) >= 11 is 0. The third-order valence-corrected chi connectivity index (χ3v) is 5.50. The number of amides is 1. The molecule has 1 aromatic heterocycles. The molecule has 0 aliphatic carbocycles. The normalized spacial score (nSPS) is 15.7. The lowest BCUT2D eigenvalue weighted by Crippen LogP contribution is -2.40. The summed E-state index contributed by atoms with van der Waals surface area (Å²) in [5, 5.41) is 2.37. The lowest BCUT2D eigenvalue weighted by Gasteiger charge is -2.24. The Morgan fingerprint density at radius 3 is 2.60 bits per heavy atom. The number of ether oxygens (including phenoxy) is 2. The first-order chi connectivity index (χ1) is 12.0. The molecule has 25 heavy (non-hydrogen) atoms. The highest BCUT2D eigenvalue weighted by atomic mass is 32.2. The van der Waals surface area contributed by atoms with Crippen LogP contribution in [0.3, 0.4) is 0 Å². The highest BCUT2D eigenvalue weighted by molar-refractivity contribution is 7.89. The number of anilines is 1. The number of nitrogens with zero attached hydrogens (tertiary/aromatic N) is 1. The molecule has 1 fully saturated rings. The molecule has 0 atom stereocenters. The third kappa shape index (κ3) is 3.68. The van der Waals surface area contributed by atoms with E-state index < -0.39 is 15.9 Å². The molecule has 1 saturated heterocycles. The molecule has 1 aliphatic heterocycles. The maximum absolute atomic E-state index is 12.5. The van der Waals surface area contributed by atoms with Crippen molar-refractivity contribution in [3.8, 4) is 5.75 Å². The Labute approximate surface area is 145 Å². The Morgan fingerprint density at radius 2 is 1.88 bits per heavy atom. The fraction of sp³-hybridized carbons (Fsp3) is 0.312. The Morgan fingerprint density at radius 1 is 1.16 bits per heavy atom. The average Bonchev–Trinajstić information content (AvgIpc) is 3.14. The van der Waals surface area contributed by atoms with E-state index in [4.69, 9.17) is 13.9 Å². The number of morpholine rings is 1. The van der Waals surface area contributed by atoms with Crippen LogP contribution in [-0.4, -0.2) is 52.0 Å². The smallest absolute Gasteiger partial charge is 0.291 e. The summed E-state index contributed by atoms with van der Waals surface area (Å²) in [7, 11) is -2.29. The fourth-order valence-electron chi connectivity index (χ4n) is 2.43. The summed E-state index contributed by atoms with van der Waals surface area (Å²) in [6, 6.07) is 9.50. The molecule has 2 aromatic rings. The molecule has 0 radical (unpaired) electrons. The molecule has 2 heterocycles. The van der Waals surface area contributed by atoms with Gasteiger partial charge in [0.1, 0.15) is 5.75 Å². The van der Waals surface area contributed by atoms with Gasteiger partial charge in [0.05, 0.1) is 26.0 Å². The second kappa shape index (κ2) is 7.26. The highest BCUT2D eigenvalue weighted by Gasteiger charge is 2.30. The standard InChI is InChI=1S/C16H18N2O6S/c1-22-13-5-3-2-4-12(13)17-16(19)14-6-7-15(24-14)25(20,21)18-8-10-23-11-9-18/h2-7H,8-11H2,1H3,(H,17,19). The molecule has 3 rings (SSSR count). The van der Waals surface area contributed by atoms with Gasteiger partial charge in [-0.2, -0.15) is 4.31 Å². The number of methoxy groups -OCH3 is 1. The summed E-state index contributed by atoms with van der Waals surface area (Å²) in [5.74, 6) is -0.172. The highest BCUT2D eigenvalue weighted by Crippen LogP contribution is 2.25. The molecule has 0 saturated carbocycles. The van der Waals surface area contributed by atoms with E-state index in [0.29, 0.717) is 24.7 Å². The molecular formula is C16H18N2O6S. The van der Waals surface area contributed by atoms with E-state index in [-0.39, 0.29) is 23.9 Å². The Bertz CT molecular complexity index is 855. The van der Waals surface area contributed by atoms with E-state index in [1.54, 1.807) is 24.3 Å². The summed E-state index contributed by atoms with van der Waals surface area (Å²) < 4.78 is 41.9. The quantitative estimate of drug-likeness (QED) is 0.862. The van der Waals surface area contributed by atoms with Gasteiger partial charge in [0.25, 0.3) is 15.9 Å². The zero-order valence-corrected chi connectivity index (χ0v) is 14.4. The zero-order valence-electron chi connectivity index (χ0n) is 13.6. The van der Waals surface area contributed by atoms with Gasteiger partial charge >= 0.3 is 0 Å². The van der Waals surface area contributed by atoms with Crippen molar-refractivity contribution >= 4 is 21.6 Å². The van der Waals surface area contributed by atoms with Gasteiger partial charge in [-0.15, -0.1) is 0 Å². The fourth-order valence-corrected chi connectivity index (χ4v) is 3.75. The van der Waals surface area contributed by atoms with Crippen LogP contribution in [-0.2, 0) is 14.8 Å². The minimum Gasteiger partial charge on any atom is -0.495 e. The molecule has 0 bridgehead atoms. The second-order valence-corrected chi connectivity index (χ2v) is 7.16. The van der Waals surface area contributed by atoms with Gasteiger partial charge in [-0.3, -0.25) is 4.79 Å². The molecule has 1 amide bonds. The van der Waals surface area contributed by atoms with Crippen LogP contribution >= 0.6 is 0 Å². The molecule has 1 aliphatic rings. The minimum atomic E-state index is -3.78. The van der Waals surface area contributed by atoms with Crippen LogP contribution in [0.1, 0.15) is 10.6 Å². The average molecular weight is 366 g/mol. The summed E-state index contributed by atoms with van der Waals surface area (Å²) in [5.41, 5.74) is 0.462. The monoisotopic (exact) mass is 366 g/mol. The van der Waals surface area contributed by atoms with E-state index in [9.17, 15) is 13.2 Å². The first-order valence-corrected chi connectivity index (χ1v) is 9.08. The van der Waals surface area contributed by atoms with Crippen LogP contribution in [0, 0.1) is 0 Å². The number of sulfonamides is 1. The SMILES string of the molecule is COc1ccccc1NC(=O)c1ccc(S(=O)(=O)N2CCOCC2)o1. The molecule has 0 spiro atoms. The van der Waals surface area contributed by atoms with E-state index in [1.807, 2.05) is 0 Å². The van der Waals surface area contributed by atoms with Crippen molar-refractivity contribution in [2.75, 3.05) is 38.7 Å². The molecule has 9 heteroatoms. The van der Waals surface area contributed by atoms with Gasteiger partial charge < -0.3 is 19.2 Å². The second-order valence-electron chi connectivity index (χ2n) is 5.29. The van der Waals surface area contributed by atoms with Crippen molar-refractivity contribution in [1.29, 1.82) is 0 Å². The Balaban J connectivity index is 1.77. The number of para-hydroxylation sites is 2. The van der Waals surface area contributed by atoms with Crippen LogP contribution in [0.5, 0.6) is 5.75 Å². The minimum absolute atomic E-state index is 0.0993. The van der Waals surface area contributed by atoms with Crippen LogP contribution < -0.4 is 10.1 Å². The van der Waals surface area contributed by atoms with Gasteiger partial charge in [-0.25, -0.2) is 8.42 Å². The van der Waals surface area contributed by atoms with Gasteiger partial charge in [0.15, 0.2) is 5.76 Å². The van der Waals surface area contributed by atoms with Crippen LogP contribution in [0.2, 0.25) is 0 Å². The maximum atomic E-state index is 12.5. The van der Waals surface area contributed by atoms with E-state index in [0.717, 1.165) is 0 Å². The van der Waals surface area contributed by atoms with E-state index >= 15 is 0 Å². The molecule has 1 aromatic carbocycles. The van der Waals surface area contributed by atoms with Gasteiger partial charge in [-0.05, 0) is 24.3 Å². The molecule has 134 valence electrons. The van der Waals surface area contributed by atoms with Crippen molar-refractivity contribution in [1.82, 2.24) is 4.31 Å². The Hall–Kier alpha value is -2.36. The molecular weight excluding hydrogens is 348 g/mol. The number of benzene rings is 1. The number of furan rings is 1. The number of carbonyl (C=O) groups is 1. The Kier molecular flexibility index (Phi) is 5.07.